The molecule has 0 radical (unpaired) electrons. The lowest BCUT2D eigenvalue weighted by molar-refractivity contribution is -0.116. The second-order valence-corrected chi connectivity index (χ2v) is 10.1. The van der Waals surface area contributed by atoms with E-state index in [1.165, 1.54) is 18.4 Å². The van der Waals surface area contributed by atoms with E-state index in [1.807, 2.05) is 55.5 Å². The molecule has 0 fully saturated rings. The van der Waals surface area contributed by atoms with E-state index < -0.39 is 15.9 Å². The van der Waals surface area contributed by atoms with Crippen LogP contribution >= 0.6 is 11.3 Å². The van der Waals surface area contributed by atoms with Gasteiger partial charge in [-0.15, -0.1) is 10.2 Å². The Bertz CT molecular complexity index is 1350. The van der Waals surface area contributed by atoms with Crippen LogP contribution in [0.1, 0.15) is 5.56 Å². The standard InChI is InChI=1S/C22H20N4O3S2/c1-15-7-9-17(10-8-15)21-24-25-22(30-21)23-20(27)14-26(2)31(28,29)19-12-11-16-5-3-4-6-18(16)13-19/h3-13H,14H2,1-2H3,(H,23,25,27). The van der Waals surface area contributed by atoms with Crippen LogP contribution in [0.5, 0.6) is 0 Å². The van der Waals surface area contributed by atoms with Gasteiger partial charge in [-0.25, -0.2) is 8.42 Å². The first-order valence-electron chi connectivity index (χ1n) is 9.48. The molecule has 9 heteroatoms. The number of amides is 1. The number of hydrogen-bond acceptors (Lipinski definition) is 6. The molecular formula is C22H20N4O3S2. The van der Waals surface area contributed by atoms with Crippen molar-refractivity contribution < 1.29 is 13.2 Å². The van der Waals surface area contributed by atoms with Gasteiger partial charge in [0.2, 0.25) is 21.1 Å². The van der Waals surface area contributed by atoms with Crippen LogP contribution in [-0.2, 0) is 14.8 Å². The zero-order chi connectivity index (χ0) is 22.0. The van der Waals surface area contributed by atoms with Crippen LogP contribution in [0.25, 0.3) is 21.3 Å². The molecule has 0 aliphatic rings. The first kappa shape index (κ1) is 21.1. The molecule has 0 unspecified atom stereocenters. The number of benzene rings is 3. The van der Waals surface area contributed by atoms with Crippen LogP contribution in [0.15, 0.2) is 71.6 Å². The third-order valence-corrected chi connectivity index (χ3v) is 7.45. The average Bonchev–Trinajstić information content (AvgIpc) is 3.22. The fourth-order valence-corrected chi connectivity index (χ4v) is 4.97. The van der Waals surface area contributed by atoms with Crippen molar-refractivity contribution in [2.45, 2.75) is 11.8 Å². The minimum absolute atomic E-state index is 0.138. The Kier molecular flexibility index (Phi) is 5.81. The molecule has 31 heavy (non-hydrogen) atoms. The van der Waals surface area contributed by atoms with Gasteiger partial charge < -0.3 is 0 Å². The number of likely N-dealkylation sites (N-methyl/N-ethyl adjacent to an activating group) is 1. The number of hydrogen-bond donors (Lipinski definition) is 1. The third kappa shape index (κ3) is 4.63. The lowest BCUT2D eigenvalue weighted by Gasteiger charge is -2.16. The molecule has 0 aliphatic carbocycles. The molecule has 0 bridgehead atoms. The van der Waals surface area contributed by atoms with E-state index in [0.29, 0.717) is 10.1 Å². The molecule has 0 atom stereocenters. The van der Waals surface area contributed by atoms with Crippen molar-refractivity contribution in [2.24, 2.45) is 0 Å². The molecule has 4 rings (SSSR count). The number of rotatable bonds is 6. The summed E-state index contributed by atoms with van der Waals surface area (Å²) in [4.78, 5) is 12.6. The van der Waals surface area contributed by atoms with E-state index in [4.69, 9.17) is 0 Å². The molecule has 0 spiro atoms. The summed E-state index contributed by atoms with van der Waals surface area (Å²) in [5.74, 6) is -0.488. The number of carbonyl (C=O) groups excluding carboxylic acids is 1. The topological polar surface area (TPSA) is 92.3 Å². The zero-order valence-electron chi connectivity index (χ0n) is 16.9. The summed E-state index contributed by atoms with van der Waals surface area (Å²) in [7, 11) is -2.44. The molecule has 1 heterocycles. The van der Waals surface area contributed by atoms with Gasteiger partial charge in [-0.2, -0.15) is 4.31 Å². The maximum atomic E-state index is 12.9. The Hall–Kier alpha value is -3.14. The molecule has 4 aromatic rings. The molecule has 7 nitrogen and oxygen atoms in total. The third-order valence-electron chi connectivity index (χ3n) is 4.77. The van der Waals surface area contributed by atoms with E-state index in [0.717, 1.165) is 26.2 Å². The Balaban J connectivity index is 1.44. The first-order chi connectivity index (χ1) is 14.8. The number of nitrogens with one attached hydrogen (secondary N) is 1. The van der Waals surface area contributed by atoms with Gasteiger partial charge in [0.15, 0.2) is 0 Å². The van der Waals surface area contributed by atoms with Gasteiger partial charge in [-0.3, -0.25) is 10.1 Å². The zero-order valence-corrected chi connectivity index (χ0v) is 18.6. The number of aryl methyl sites for hydroxylation is 1. The smallest absolute Gasteiger partial charge is 0.243 e. The lowest BCUT2D eigenvalue weighted by Crippen LogP contribution is -2.34. The fraction of sp³-hybridized carbons (Fsp3) is 0.136. The Labute approximate surface area is 184 Å². The van der Waals surface area contributed by atoms with Crippen LogP contribution < -0.4 is 5.32 Å². The number of sulfonamides is 1. The summed E-state index contributed by atoms with van der Waals surface area (Å²) < 4.78 is 26.8. The summed E-state index contributed by atoms with van der Waals surface area (Å²) in [6.07, 6.45) is 0. The largest absolute Gasteiger partial charge is 0.299 e. The van der Waals surface area contributed by atoms with E-state index in [9.17, 15) is 13.2 Å². The Morgan fingerprint density at radius 3 is 2.45 bits per heavy atom. The first-order valence-corrected chi connectivity index (χ1v) is 11.7. The summed E-state index contributed by atoms with van der Waals surface area (Å²) in [5.41, 5.74) is 2.04. The van der Waals surface area contributed by atoms with Crippen LogP contribution in [-0.4, -0.2) is 42.4 Å². The Morgan fingerprint density at radius 2 is 1.71 bits per heavy atom. The molecule has 3 aromatic carbocycles. The van der Waals surface area contributed by atoms with Gasteiger partial charge >= 0.3 is 0 Å². The van der Waals surface area contributed by atoms with Gasteiger partial charge in [-0.1, -0.05) is 71.5 Å². The highest BCUT2D eigenvalue weighted by Gasteiger charge is 2.23. The van der Waals surface area contributed by atoms with Gasteiger partial charge in [0.25, 0.3) is 0 Å². The SMILES string of the molecule is Cc1ccc(-c2nnc(NC(=O)CN(C)S(=O)(=O)c3ccc4ccccc4c3)s2)cc1. The van der Waals surface area contributed by atoms with Crippen LogP contribution in [0.4, 0.5) is 5.13 Å². The van der Waals surface area contributed by atoms with Crippen molar-refractivity contribution in [1.82, 2.24) is 14.5 Å². The van der Waals surface area contributed by atoms with E-state index >= 15 is 0 Å². The number of anilines is 1. The van der Waals surface area contributed by atoms with E-state index in [2.05, 4.69) is 15.5 Å². The molecule has 158 valence electrons. The van der Waals surface area contributed by atoms with Crippen LogP contribution in [0.3, 0.4) is 0 Å². The average molecular weight is 453 g/mol. The van der Waals surface area contributed by atoms with Crippen molar-refractivity contribution in [2.75, 3.05) is 18.9 Å². The van der Waals surface area contributed by atoms with Gasteiger partial charge in [0, 0.05) is 12.6 Å². The van der Waals surface area contributed by atoms with Gasteiger partial charge in [0.05, 0.1) is 11.4 Å². The lowest BCUT2D eigenvalue weighted by atomic mass is 10.1. The van der Waals surface area contributed by atoms with Gasteiger partial charge in [-0.05, 0) is 29.8 Å². The molecule has 1 aromatic heterocycles. The minimum atomic E-state index is -3.82. The van der Waals surface area contributed by atoms with Gasteiger partial charge in [0.1, 0.15) is 5.01 Å². The second kappa shape index (κ2) is 8.54. The highest BCUT2D eigenvalue weighted by Crippen LogP contribution is 2.26. The van der Waals surface area contributed by atoms with Crippen molar-refractivity contribution in [1.29, 1.82) is 0 Å². The number of carbonyl (C=O) groups is 1. The molecule has 1 N–H and O–H groups in total. The quantitative estimate of drug-likeness (QED) is 0.479. The number of fused-ring (bicyclic) bond motifs is 1. The van der Waals surface area contributed by atoms with Crippen LogP contribution in [0.2, 0.25) is 0 Å². The maximum absolute atomic E-state index is 12.9. The maximum Gasteiger partial charge on any atom is 0.243 e. The summed E-state index contributed by atoms with van der Waals surface area (Å²) in [6, 6.07) is 20.2. The number of aromatic nitrogens is 2. The van der Waals surface area contributed by atoms with Crippen molar-refractivity contribution in [3.8, 4) is 10.6 Å². The van der Waals surface area contributed by atoms with E-state index in [1.54, 1.807) is 18.2 Å². The molecule has 1 amide bonds. The predicted molar refractivity (Wildman–Crippen MR) is 122 cm³/mol. The predicted octanol–water partition coefficient (Wildman–Crippen LogP) is 3.93. The van der Waals surface area contributed by atoms with Crippen LogP contribution in [0, 0.1) is 6.92 Å². The summed E-state index contributed by atoms with van der Waals surface area (Å²) in [6.45, 7) is 1.66. The van der Waals surface area contributed by atoms with Crippen molar-refractivity contribution in [3.63, 3.8) is 0 Å². The summed E-state index contributed by atoms with van der Waals surface area (Å²) >= 11 is 1.23. The highest BCUT2D eigenvalue weighted by atomic mass is 32.2. The monoisotopic (exact) mass is 452 g/mol. The Morgan fingerprint density at radius 1 is 1.00 bits per heavy atom. The van der Waals surface area contributed by atoms with Crippen molar-refractivity contribution >= 4 is 43.2 Å². The normalized spacial score (nSPS) is 11.7. The molecule has 0 saturated carbocycles. The fourth-order valence-electron chi connectivity index (χ4n) is 3.04. The van der Waals surface area contributed by atoms with Crippen molar-refractivity contribution in [3.05, 3.63) is 72.3 Å². The molecule has 0 aliphatic heterocycles. The second-order valence-electron chi connectivity index (χ2n) is 7.10. The van der Waals surface area contributed by atoms with E-state index in [-0.39, 0.29) is 11.4 Å². The summed E-state index contributed by atoms with van der Waals surface area (Å²) in [5, 5.41) is 13.5. The molecule has 0 saturated heterocycles. The highest BCUT2D eigenvalue weighted by molar-refractivity contribution is 7.89. The minimum Gasteiger partial charge on any atom is -0.299 e. The number of nitrogens with zero attached hydrogens (tertiary/aromatic N) is 3. The molecular weight excluding hydrogens is 432 g/mol.